The van der Waals surface area contributed by atoms with Gasteiger partial charge in [0.15, 0.2) is 5.69 Å². The highest BCUT2D eigenvalue weighted by Crippen LogP contribution is 2.20. The van der Waals surface area contributed by atoms with Crippen molar-refractivity contribution in [3.63, 3.8) is 0 Å². The summed E-state index contributed by atoms with van der Waals surface area (Å²) < 4.78 is 0. The monoisotopic (exact) mass is 344 g/mol. The quantitative estimate of drug-likeness (QED) is 0.658. The summed E-state index contributed by atoms with van der Waals surface area (Å²) in [7, 11) is 0. The topological polar surface area (TPSA) is 124 Å². The number of benzene rings is 1. The number of aliphatic carboxylic acids is 1. The summed E-state index contributed by atoms with van der Waals surface area (Å²) in [5, 5.41) is 20.4. The Kier molecular flexibility index (Phi) is 5.21. The van der Waals surface area contributed by atoms with E-state index in [0.29, 0.717) is 11.3 Å². The van der Waals surface area contributed by atoms with E-state index >= 15 is 0 Å². The minimum absolute atomic E-state index is 0.142. The van der Waals surface area contributed by atoms with Crippen LogP contribution >= 0.6 is 0 Å². The Morgan fingerprint density at radius 1 is 1.12 bits per heavy atom. The molecule has 0 bridgehead atoms. The minimum atomic E-state index is -1.12. The third kappa shape index (κ3) is 4.90. The van der Waals surface area contributed by atoms with Gasteiger partial charge < -0.3 is 15.7 Å². The largest absolute Gasteiger partial charge is 0.480 e. The maximum absolute atomic E-state index is 12.2. The van der Waals surface area contributed by atoms with Crippen molar-refractivity contribution in [3.8, 4) is 0 Å². The molecule has 2 aromatic rings. The number of amides is 2. The number of carboxylic acid groups (broad SMARTS) is 1. The molecule has 1 heterocycles. The molecule has 1 aromatic carbocycles. The SMILES string of the molecule is CC(C)(C)c1cc(C(=O)Nc2ccc(C(=O)NCC(=O)O)cc2)n[nH]1. The number of carbonyl (C=O) groups is 3. The lowest BCUT2D eigenvalue weighted by molar-refractivity contribution is -0.135. The van der Waals surface area contributed by atoms with Crippen LogP contribution in [0.3, 0.4) is 0 Å². The average molecular weight is 344 g/mol. The van der Waals surface area contributed by atoms with Crippen LogP contribution in [0.4, 0.5) is 5.69 Å². The van der Waals surface area contributed by atoms with Gasteiger partial charge in [0.1, 0.15) is 6.54 Å². The zero-order chi connectivity index (χ0) is 18.6. The smallest absolute Gasteiger partial charge is 0.322 e. The van der Waals surface area contributed by atoms with Gasteiger partial charge in [0.2, 0.25) is 0 Å². The molecule has 0 spiro atoms. The van der Waals surface area contributed by atoms with Crippen LogP contribution < -0.4 is 10.6 Å². The number of anilines is 1. The van der Waals surface area contributed by atoms with Crippen molar-refractivity contribution in [2.45, 2.75) is 26.2 Å². The fraction of sp³-hybridized carbons (Fsp3) is 0.294. The van der Waals surface area contributed by atoms with Crippen LogP contribution in [-0.2, 0) is 10.2 Å². The van der Waals surface area contributed by atoms with Gasteiger partial charge in [0.05, 0.1) is 0 Å². The predicted octanol–water partition coefficient (Wildman–Crippen LogP) is 1.77. The molecule has 2 amide bonds. The Morgan fingerprint density at radius 2 is 1.76 bits per heavy atom. The number of nitrogens with one attached hydrogen (secondary N) is 3. The number of aromatic nitrogens is 2. The Hall–Kier alpha value is -3.16. The van der Waals surface area contributed by atoms with E-state index < -0.39 is 18.4 Å². The van der Waals surface area contributed by atoms with Crippen LogP contribution in [0.25, 0.3) is 0 Å². The summed E-state index contributed by atoms with van der Waals surface area (Å²) in [6.45, 7) is 5.58. The molecule has 0 saturated heterocycles. The lowest BCUT2D eigenvalue weighted by atomic mass is 9.92. The minimum Gasteiger partial charge on any atom is -0.480 e. The maximum atomic E-state index is 12.2. The zero-order valence-corrected chi connectivity index (χ0v) is 14.2. The molecular formula is C17H20N4O4. The molecule has 25 heavy (non-hydrogen) atoms. The third-order valence-electron chi connectivity index (χ3n) is 3.42. The van der Waals surface area contributed by atoms with Crippen LogP contribution in [-0.4, -0.2) is 39.6 Å². The first-order chi connectivity index (χ1) is 11.7. The van der Waals surface area contributed by atoms with Gasteiger partial charge >= 0.3 is 5.97 Å². The Morgan fingerprint density at radius 3 is 2.28 bits per heavy atom. The van der Waals surface area contributed by atoms with E-state index in [1.165, 1.54) is 12.1 Å². The summed E-state index contributed by atoms with van der Waals surface area (Å²) in [5.74, 6) is -1.98. The molecule has 132 valence electrons. The molecule has 0 radical (unpaired) electrons. The number of hydrogen-bond acceptors (Lipinski definition) is 4. The standard InChI is InChI=1S/C17H20N4O4/c1-17(2,3)13-8-12(20-21-13)16(25)19-11-6-4-10(5-7-11)15(24)18-9-14(22)23/h4-8H,9H2,1-3H3,(H,18,24)(H,19,25)(H,20,21)(H,22,23). The summed E-state index contributed by atoms with van der Waals surface area (Å²) in [4.78, 5) is 34.4. The van der Waals surface area contributed by atoms with E-state index in [-0.39, 0.29) is 17.0 Å². The summed E-state index contributed by atoms with van der Waals surface area (Å²) >= 11 is 0. The first-order valence-corrected chi connectivity index (χ1v) is 7.64. The Bertz CT molecular complexity index is 788. The van der Waals surface area contributed by atoms with E-state index in [1.807, 2.05) is 20.8 Å². The second-order valence-electron chi connectivity index (χ2n) is 6.52. The lowest BCUT2D eigenvalue weighted by Crippen LogP contribution is -2.29. The lowest BCUT2D eigenvalue weighted by Gasteiger charge is -2.14. The van der Waals surface area contributed by atoms with E-state index in [0.717, 1.165) is 5.69 Å². The van der Waals surface area contributed by atoms with Gasteiger partial charge in [-0.2, -0.15) is 5.10 Å². The Labute approximate surface area is 144 Å². The van der Waals surface area contributed by atoms with Gasteiger partial charge in [-0.05, 0) is 30.3 Å². The highest BCUT2D eigenvalue weighted by Gasteiger charge is 2.19. The van der Waals surface area contributed by atoms with Crippen LogP contribution in [0, 0.1) is 0 Å². The second kappa shape index (κ2) is 7.16. The van der Waals surface area contributed by atoms with Crippen LogP contribution in [0.2, 0.25) is 0 Å². The van der Waals surface area contributed by atoms with Gasteiger partial charge in [-0.3, -0.25) is 19.5 Å². The molecule has 0 aliphatic rings. The highest BCUT2D eigenvalue weighted by atomic mass is 16.4. The fourth-order valence-corrected chi connectivity index (χ4v) is 1.98. The molecule has 0 fully saturated rings. The summed E-state index contributed by atoms with van der Waals surface area (Å²) in [6, 6.07) is 7.81. The van der Waals surface area contributed by atoms with Crippen molar-refractivity contribution >= 4 is 23.5 Å². The van der Waals surface area contributed by atoms with Crippen molar-refractivity contribution in [3.05, 3.63) is 47.3 Å². The van der Waals surface area contributed by atoms with E-state index in [4.69, 9.17) is 5.11 Å². The molecule has 0 saturated carbocycles. The van der Waals surface area contributed by atoms with Crippen molar-refractivity contribution in [1.82, 2.24) is 15.5 Å². The molecule has 4 N–H and O–H groups in total. The van der Waals surface area contributed by atoms with E-state index in [1.54, 1.807) is 18.2 Å². The second-order valence-corrected chi connectivity index (χ2v) is 6.52. The number of carbonyl (C=O) groups excluding carboxylic acids is 2. The summed E-state index contributed by atoms with van der Waals surface area (Å²) in [5.41, 5.74) is 1.78. The first kappa shape index (κ1) is 18.2. The van der Waals surface area contributed by atoms with Crippen molar-refractivity contribution < 1.29 is 19.5 Å². The number of hydrogen-bond donors (Lipinski definition) is 4. The van der Waals surface area contributed by atoms with Crippen LogP contribution in [0.15, 0.2) is 30.3 Å². The van der Waals surface area contributed by atoms with Gasteiger partial charge in [-0.1, -0.05) is 20.8 Å². The number of rotatable bonds is 5. The number of aromatic amines is 1. The molecule has 8 heteroatoms. The van der Waals surface area contributed by atoms with Crippen molar-refractivity contribution in [1.29, 1.82) is 0 Å². The average Bonchev–Trinajstić information content (AvgIpc) is 3.03. The first-order valence-electron chi connectivity index (χ1n) is 7.64. The zero-order valence-electron chi connectivity index (χ0n) is 14.2. The van der Waals surface area contributed by atoms with Crippen LogP contribution in [0.1, 0.15) is 47.3 Å². The van der Waals surface area contributed by atoms with Crippen molar-refractivity contribution in [2.75, 3.05) is 11.9 Å². The Balaban J connectivity index is 2.01. The molecule has 0 atom stereocenters. The number of nitrogens with zero attached hydrogens (tertiary/aromatic N) is 1. The molecule has 2 rings (SSSR count). The fourth-order valence-electron chi connectivity index (χ4n) is 1.98. The predicted molar refractivity (Wildman–Crippen MR) is 91.7 cm³/mol. The van der Waals surface area contributed by atoms with Gasteiger partial charge in [-0.25, -0.2) is 0 Å². The molecular weight excluding hydrogens is 324 g/mol. The molecule has 0 unspecified atom stereocenters. The van der Waals surface area contributed by atoms with Gasteiger partial charge in [-0.15, -0.1) is 0 Å². The molecule has 1 aromatic heterocycles. The third-order valence-corrected chi connectivity index (χ3v) is 3.42. The number of H-pyrrole nitrogens is 1. The normalized spacial score (nSPS) is 11.0. The summed E-state index contributed by atoms with van der Waals surface area (Å²) in [6.07, 6.45) is 0. The maximum Gasteiger partial charge on any atom is 0.322 e. The van der Waals surface area contributed by atoms with Gasteiger partial charge in [0, 0.05) is 22.4 Å². The van der Waals surface area contributed by atoms with Crippen molar-refractivity contribution in [2.24, 2.45) is 0 Å². The molecule has 8 nitrogen and oxygen atoms in total. The van der Waals surface area contributed by atoms with Gasteiger partial charge in [0.25, 0.3) is 11.8 Å². The highest BCUT2D eigenvalue weighted by molar-refractivity contribution is 6.03. The number of carboxylic acids is 1. The molecule has 0 aliphatic carbocycles. The van der Waals surface area contributed by atoms with E-state index in [2.05, 4.69) is 20.8 Å². The van der Waals surface area contributed by atoms with Crippen LogP contribution in [0.5, 0.6) is 0 Å². The van der Waals surface area contributed by atoms with E-state index in [9.17, 15) is 14.4 Å². The molecule has 0 aliphatic heterocycles.